The van der Waals surface area contributed by atoms with Crippen LogP contribution < -0.4 is 0 Å². The van der Waals surface area contributed by atoms with Crippen LogP contribution in [0.5, 0.6) is 0 Å². The van der Waals surface area contributed by atoms with Gasteiger partial charge < -0.3 is 5.11 Å². The molecule has 0 aromatic heterocycles. The number of carbonyl (C=O) groups is 3. The number of Topliss-reactive ketones (excluding diaryl/α,β-unsaturated/α-hetero) is 1. The van der Waals surface area contributed by atoms with Crippen molar-refractivity contribution in [3.8, 4) is 0 Å². The molecule has 146 valence electrons. The van der Waals surface area contributed by atoms with E-state index >= 15 is 0 Å². The lowest BCUT2D eigenvalue weighted by atomic mass is 9.89. The van der Waals surface area contributed by atoms with Crippen LogP contribution in [-0.4, -0.2) is 22.6 Å². The molecular weight excluding hydrogens is 347 g/mol. The van der Waals surface area contributed by atoms with Crippen molar-refractivity contribution in [1.29, 1.82) is 0 Å². The molecule has 0 amide bonds. The average Bonchev–Trinajstić information content (AvgIpc) is 2.98. The second kappa shape index (κ2) is 10.1. The van der Waals surface area contributed by atoms with E-state index in [4.69, 9.17) is 5.11 Å². The number of carbonyl (C=O) groups excluding carboxylic acids is 2. The standard InChI is InChI=1S/C22H27FO4/c1-15-17(8-6-9-19(15)23)20(24)13-11-16-12-14-21(25)18(16)7-4-2-3-5-10-22(26)27/h6,8-9,11,13,16,18H,2-5,7,10,12,14H2,1H3,(H,26,27)/b13-11+. The van der Waals surface area contributed by atoms with Crippen molar-refractivity contribution in [1.82, 2.24) is 0 Å². The lowest BCUT2D eigenvalue weighted by Gasteiger charge is -2.14. The number of unbranched alkanes of at least 4 members (excludes halogenated alkanes) is 3. The molecule has 0 bridgehead atoms. The summed E-state index contributed by atoms with van der Waals surface area (Å²) in [6.45, 7) is 1.59. The van der Waals surface area contributed by atoms with Gasteiger partial charge in [0.15, 0.2) is 5.78 Å². The average molecular weight is 374 g/mol. The van der Waals surface area contributed by atoms with Gasteiger partial charge in [0, 0.05) is 24.3 Å². The van der Waals surface area contributed by atoms with E-state index in [1.807, 2.05) is 6.08 Å². The highest BCUT2D eigenvalue weighted by Gasteiger charge is 2.32. The fourth-order valence-corrected chi connectivity index (χ4v) is 3.71. The van der Waals surface area contributed by atoms with Crippen molar-refractivity contribution in [2.45, 2.75) is 58.3 Å². The van der Waals surface area contributed by atoms with Crippen LogP contribution in [0.25, 0.3) is 0 Å². The summed E-state index contributed by atoms with van der Waals surface area (Å²) in [6, 6.07) is 4.47. The SMILES string of the molecule is Cc1c(F)cccc1C(=O)/C=C/C1CCC(=O)C1CCCCCCC(=O)O. The summed E-state index contributed by atoms with van der Waals surface area (Å²) >= 11 is 0. The fourth-order valence-electron chi connectivity index (χ4n) is 3.71. The van der Waals surface area contributed by atoms with Gasteiger partial charge in [-0.25, -0.2) is 4.39 Å². The molecule has 0 spiro atoms. The molecule has 1 N–H and O–H groups in total. The van der Waals surface area contributed by atoms with Crippen molar-refractivity contribution in [3.05, 3.63) is 47.3 Å². The maximum atomic E-state index is 13.6. The second-order valence-corrected chi connectivity index (χ2v) is 7.26. The smallest absolute Gasteiger partial charge is 0.303 e. The summed E-state index contributed by atoms with van der Waals surface area (Å²) in [6.07, 6.45) is 8.84. The number of aliphatic carboxylic acids is 1. The minimum atomic E-state index is -0.774. The quantitative estimate of drug-likeness (QED) is 0.359. The van der Waals surface area contributed by atoms with E-state index in [1.165, 1.54) is 18.2 Å². The number of carboxylic acids is 1. The Morgan fingerprint density at radius 2 is 1.96 bits per heavy atom. The van der Waals surface area contributed by atoms with Crippen molar-refractivity contribution < 1.29 is 23.9 Å². The molecule has 1 aromatic carbocycles. The number of ketones is 2. The zero-order valence-corrected chi connectivity index (χ0v) is 15.7. The maximum Gasteiger partial charge on any atom is 0.303 e. The van der Waals surface area contributed by atoms with Crippen LogP contribution in [0.4, 0.5) is 4.39 Å². The topological polar surface area (TPSA) is 71.4 Å². The maximum absolute atomic E-state index is 13.6. The normalized spacial score (nSPS) is 19.7. The monoisotopic (exact) mass is 374 g/mol. The van der Waals surface area contributed by atoms with Crippen LogP contribution in [0.1, 0.15) is 67.3 Å². The van der Waals surface area contributed by atoms with E-state index in [0.29, 0.717) is 24.0 Å². The first kappa shape index (κ1) is 21.0. The van der Waals surface area contributed by atoms with Gasteiger partial charge in [-0.2, -0.15) is 0 Å². The van der Waals surface area contributed by atoms with Gasteiger partial charge in [0.25, 0.3) is 0 Å². The van der Waals surface area contributed by atoms with Crippen LogP contribution in [0.3, 0.4) is 0 Å². The number of allylic oxidation sites excluding steroid dienone is 2. The molecule has 0 aliphatic heterocycles. The molecule has 1 fully saturated rings. The molecule has 1 aliphatic rings. The van der Waals surface area contributed by atoms with Gasteiger partial charge in [-0.15, -0.1) is 0 Å². The summed E-state index contributed by atoms with van der Waals surface area (Å²) in [7, 11) is 0. The van der Waals surface area contributed by atoms with Gasteiger partial charge >= 0.3 is 5.97 Å². The zero-order chi connectivity index (χ0) is 19.8. The second-order valence-electron chi connectivity index (χ2n) is 7.26. The van der Waals surface area contributed by atoms with E-state index in [-0.39, 0.29) is 29.8 Å². The van der Waals surface area contributed by atoms with Crippen molar-refractivity contribution in [3.63, 3.8) is 0 Å². The van der Waals surface area contributed by atoms with E-state index in [2.05, 4.69) is 0 Å². The summed E-state index contributed by atoms with van der Waals surface area (Å²) < 4.78 is 13.6. The van der Waals surface area contributed by atoms with Crippen molar-refractivity contribution in [2.24, 2.45) is 11.8 Å². The molecule has 2 rings (SSSR count). The Labute approximate surface area is 159 Å². The van der Waals surface area contributed by atoms with Gasteiger partial charge in [0.05, 0.1) is 0 Å². The molecule has 0 saturated heterocycles. The minimum absolute atomic E-state index is 0.0503. The molecule has 4 nitrogen and oxygen atoms in total. The highest BCUT2D eigenvalue weighted by Crippen LogP contribution is 2.34. The number of carboxylic acid groups (broad SMARTS) is 1. The van der Waals surface area contributed by atoms with Crippen LogP contribution in [-0.2, 0) is 9.59 Å². The Kier molecular flexibility index (Phi) is 7.89. The number of benzene rings is 1. The van der Waals surface area contributed by atoms with Crippen molar-refractivity contribution >= 4 is 17.5 Å². The van der Waals surface area contributed by atoms with Gasteiger partial charge in [-0.1, -0.05) is 37.5 Å². The minimum Gasteiger partial charge on any atom is -0.481 e. The Morgan fingerprint density at radius 1 is 1.22 bits per heavy atom. The highest BCUT2D eigenvalue weighted by atomic mass is 19.1. The summed E-state index contributed by atoms with van der Waals surface area (Å²) in [4.78, 5) is 35.0. The zero-order valence-electron chi connectivity index (χ0n) is 15.7. The Bertz CT molecular complexity index is 723. The third-order valence-electron chi connectivity index (χ3n) is 5.34. The van der Waals surface area contributed by atoms with Crippen LogP contribution in [0.2, 0.25) is 0 Å². The fraction of sp³-hybridized carbons (Fsp3) is 0.500. The third-order valence-corrected chi connectivity index (χ3v) is 5.34. The predicted octanol–water partition coefficient (Wildman–Crippen LogP) is 4.89. The van der Waals surface area contributed by atoms with Crippen molar-refractivity contribution in [2.75, 3.05) is 0 Å². The van der Waals surface area contributed by atoms with Gasteiger partial charge in [-0.05, 0) is 49.8 Å². The number of hydrogen-bond acceptors (Lipinski definition) is 3. The largest absolute Gasteiger partial charge is 0.481 e. The Morgan fingerprint density at radius 3 is 2.70 bits per heavy atom. The summed E-state index contributed by atoms with van der Waals surface area (Å²) in [5, 5.41) is 8.63. The first-order valence-corrected chi connectivity index (χ1v) is 9.62. The molecule has 5 heteroatoms. The molecular formula is C22H27FO4. The van der Waals surface area contributed by atoms with E-state index in [0.717, 1.165) is 32.1 Å². The lowest BCUT2D eigenvalue weighted by Crippen LogP contribution is -2.13. The predicted molar refractivity (Wildman–Crippen MR) is 101 cm³/mol. The van der Waals surface area contributed by atoms with Gasteiger partial charge in [0.2, 0.25) is 0 Å². The number of halogens is 1. The molecule has 0 heterocycles. The molecule has 1 aliphatic carbocycles. The van der Waals surface area contributed by atoms with Crippen LogP contribution in [0, 0.1) is 24.6 Å². The van der Waals surface area contributed by atoms with Crippen LogP contribution >= 0.6 is 0 Å². The molecule has 0 radical (unpaired) electrons. The van der Waals surface area contributed by atoms with Gasteiger partial charge in [0.1, 0.15) is 11.6 Å². The molecule has 2 unspecified atom stereocenters. The number of rotatable bonds is 10. The first-order chi connectivity index (χ1) is 12.9. The van der Waals surface area contributed by atoms with E-state index in [1.54, 1.807) is 13.0 Å². The van der Waals surface area contributed by atoms with E-state index in [9.17, 15) is 18.8 Å². The molecule has 1 saturated carbocycles. The van der Waals surface area contributed by atoms with E-state index < -0.39 is 11.8 Å². The van der Waals surface area contributed by atoms with Crippen LogP contribution in [0.15, 0.2) is 30.4 Å². The van der Waals surface area contributed by atoms with Gasteiger partial charge in [-0.3, -0.25) is 14.4 Å². The first-order valence-electron chi connectivity index (χ1n) is 9.62. The Hall–Kier alpha value is -2.30. The number of hydrogen-bond donors (Lipinski definition) is 1. The Balaban J connectivity index is 1.87. The third kappa shape index (κ3) is 6.12. The molecule has 27 heavy (non-hydrogen) atoms. The summed E-state index contributed by atoms with van der Waals surface area (Å²) in [5.41, 5.74) is 0.693. The summed E-state index contributed by atoms with van der Waals surface area (Å²) in [5.74, 6) is -1.18. The molecule has 1 aromatic rings. The highest BCUT2D eigenvalue weighted by molar-refractivity contribution is 6.05. The lowest BCUT2D eigenvalue weighted by molar-refractivity contribution is -0.137. The molecule has 2 atom stereocenters.